The minimum Gasteiger partial charge on any atom is -0.462 e. The molecule has 10 heteroatoms. The van der Waals surface area contributed by atoms with E-state index in [2.05, 4.69) is 111 Å². The normalized spacial score (nSPS) is 13.6. The lowest BCUT2D eigenvalue weighted by molar-refractivity contribution is -0.161. The smallest absolute Gasteiger partial charge is 0.462 e. The fourth-order valence-corrected chi connectivity index (χ4v) is 9.91. The van der Waals surface area contributed by atoms with Gasteiger partial charge in [-0.15, -0.1) is 0 Å². The molecule has 0 fully saturated rings. The summed E-state index contributed by atoms with van der Waals surface area (Å²) in [7, 11) is -4.40. The van der Waals surface area contributed by atoms with Crippen LogP contribution in [0.5, 0.6) is 0 Å². The van der Waals surface area contributed by atoms with Crippen molar-refractivity contribution in [3.63, 3.8) is 0 Å². The monoisotopic (exact) mass is 1120 g/mol. The van der Waals surface area contributed by atoms with Crippen molar-refractivity contribution < 1.29 is 37.6 Å². The SMILES string of the molecule is CC/C=C\C/C=C\C/C=C\C/C=C\C/C=C\CCCCCCCCCCCCCCCC(=O)OC(COC(=O)CCCCCCCCCCCCCCCC/C=C\C/C=C\C/C=C\CCCCCCC)COP(=O)(O)OCCN. The van der Waals surface area contributed by atoms with E-state index in [1.807, 2.05) is 0 Å². The van der Waals surface area contributed by atoms with Crippen molar-refractivity contribution in [1.82, 2.24) is 0 Å². The van der Waals surface area contributed by atoms with Crippen LogP contribution < -0.4 is 5.73 Å². The molecule has 0 aliphatic heterocycles. The number of hydrogen-bond acceptors (Lipinski definition) is 8. The van der Waals surface area contributed by atoms with Crippen LogP contribution in [0.2, 0.25) is 0 Å². The fourth-order valence-electron chi connectivity index (χ4n) is 9.14. The standard InChI is InChI=1S/C69H122NO8P/c1-3-5-7-9-11-13-15-17-19-21-23-25-27-29-31-33-35-37-39-41-43-45-47-49-51-53-55-57-59-61-68(71)75-65-67(66-77-79(73,74)76-64-63-70)78-69(72)62-60-58-56-54-52-50-48-46-44-42-40-38-36-34-32-30-28-26-24-22-20-18-16-14-12-10-8-6-4-2/h6,8,12,14-15,17-18,20-21,23-24,26-27,29-30,32,67H,3-5,7,9-11,13,16,19,22,25,28,31,33-66,70H2,1-2H3,(H,73,74)/b8-6-,14-12-,17-15-,20-18-,23-21-,26-24-,29-27-,32-30-. The van der Waals surface area contributed by atoms with Gasteiger partial charge in [0.05, 0.1) is 13.2 Å². The second kappa shape index (κ2) is 64.1. The molecule has 0 bridgehead atoms. The number of nitrogens with two attached hydrogens (primary N) is 1. The number of esters is 2. The fraction of sp³-hybridized carbons (Fsp3) is 0.739. The maximum Gasteiger partial charge on any atom is 0.472 e. The number of phosphoric acid groups is 1. The highest BCUT2D eigenvalue weighted by Crippen LogP contribution is 2.43. The Hall–Kier alpha value is -3.07. The van der Waals surface area contributed by atoms with Gasteiger partial charge in [0, 0.05) is 19.4 Å². The molecule has 2 unspecified atom stereocenters. The first kappa shape index (κ1) is 75.9. The molecule has 0 saturated carbocycles. The van der Waals surface area contributed by atoms with Gasteiger partial charge < -0.3 is 20.1 Å². The van der Waals surface area contributed by atoms with Crippen LogP contribution in [-0.2, 0) is 32.7 Å². The van der Waals surface area contributed by atoms with Crippen molar-refractivity contribution in [2.24, 2.45) is 5.73 Å². The maximum atomic E-state index is 12.7. The van der Waals surface area contributed by atoms with Gasteiger partial charge in [-0.2, -0.15) is 0 Å². The van der Waals surface area contributed by atoms with Crippen molar-refractivity contribution in [2.45, 2.75) is 302 Å². The molecule has 0 radical (unpaired) electrons. The summed E-state index contributed by atoms with van der Waals surface area (Å²) in [6, 6.07) is 0. The summed E-state index contributed by atoms with van der Waals surface area (Å²) in [6.45, 7) is 3.64. The average Bonchev–Trinajstić information content (AvgIpc) is 3.44. The number of unbranched alkanes of at least 4 members (excludes halogenated alkanes) is 32. The Morgan fingerprint density at radius 3 is 1.04 bits per heavy atom. The zero-order valence-corrected chi connectivity index (χ0v) is 52.0. The molecule has 0 aromatic carbocycles. The number of hydrogen-bond donors (Lipinski definition) is 2. The third-order valence-corrected chi connectivity index (χ3v) is 14.9. The third-order valence-electron chi connectivity index (χ3n) is 14.0. The molecule has 0 aromatic rings. The van der Waals surface area contributed by atoms with Crippen molar-refractivity contribution in [1.29, 1.82) is 0 Å². The number of ether oxygens (including phenoxy) is 2. The van der Waals surface area contributed by atoms with Crippen molar-refractivity contribution in [3.8, 4) is 0 Å². The molecule has 456 valence electrons. The highest BCUT2D eigenvalue weighted by Gasteiger charge is 2.26. The maximum absolute atomic E-state index is 12.7. The number of allylic oxidation sites excluding steroid dienone is 16. The van der Waals surface area contributed by atoms with E-state index in [-0.39, 0.29) is 38.6 Å². The summed E-state index contributed by atoms with van der Waals surface area (Å²) in [6.07, 6.45) is 86.2. The van der Waals surface area contributed by atoms with Crippen LogP contribution in [0.15, 0.2) is 97.2 Å². The topological polar surface area (TPSA) is 134 Å². The zero-order chi connectivity index (χ0) is 57.3. The lowest BCUT2D eigenvalue weighted by atomic mass is 10.0. The van der Waals surface area contributed by atoms with E-state index >= 15 is 0 Å². The molecule has 0 spiro atoms. The van der Waals surface area contributed by atoms with Gasteiger partial charge in [0.25, 0.3) is 0 Å². The minimum atomic E-state index is -4.40. The predicted octanol–water partition coefficient (Wildman–Crippen LogP) is 21.2. The molecule has 0 aliphatic carbocycles. The summed E-state index contributed by atoms with van der Waals surface area (Å²) >= 11 is 0. The lowest BCUT2D eigenvalue weighted by Gasteiger charge is -2.19. The van der Waals surface area contributed by atoms with E-state index in [0.29, 0.717) is 6.42 Å². The average molecular weight is 1120 g/mol. The molecule has 0 saturated heterocycles. The number of phosphoric ester groups is 1. The predicted molar refractivity (Wildman–Crippen MR) is 339 cm³/mol. The molecule has 3 N–H and O–H groups in total. The van der Waals surface area contributed by atoms with Gasteiger partial charge in [0.1, 0.15) is 6.61 Å². The summed E-state index contributed by atoms with van der Waals surface area (Å²) in [5.74, 6) is -0.824. The van der Waals surface area contributed by atoms with Crippen molar-refractivity contribution in [2.75, 3.05) is 26.4 Å². The van der Waals surface area contributed by atoms with Gasteiger partial charge in [0.2, 0.25) is 0 Å². The zero-order valence-electron chi connectivity index (χ0n) is 51.1. The highest BCUT2D eigenvalue weighted by molar-refractivity contribution is 7.47. The van der Waals surface area contributed by atoms with Crippen LogP contribution in [0.3, 0.4) is 0 Å². The summed E-state index contributed by atoms with van der Waals surface area (Å²) in [5.41, 5.74) is 5.40. The van der Waals surface area contributed by atoms with E-state index in [9.17, 15) is 19.0 Å². The molecule has 0 rings (SSSR count). The van der Waals surface area contributed by atoms with E-state index < -0.39 is 26.5 Å². The first-order valence-electron chi connectivity index (χ1n) is 32.7. The summed E-state index contributed by atoms with van der Waals surface area (Å²) < 4.78 is 33.1. The largest absolute Gasteiger partial charge is 0.472 e. The third kappa shape index (κ3) is 64.0. The highest BCUT2D eigenvalue weighted by atomic mass is 31.2. The van der Waals surface area contributed by atoms with E-state index in [0.717, 1.165) is 83.5 Å². The van der Waals surface area contributed by atoms with Crippen molar-refractivity contribution >= 4 is 19.8 Å². The Morgan fingerprint density at radius 1 is 0.392 bits per heavy atom. The number of carbonyl (C=O) groups is 2. The van der Waals surface area contributed by atoms with Crippen molar-refractivity contribution in [3.05, 3.63) is 97.2 Å². The molecule has 0 aliphatic rings. The van der Waals surface area contributed by atoms with Crippen LogP contribution in [-0.4, -0.2) is 49.3 Å². The first-order valence-corrected chi connectivity index (χ1v) is 34.2. The van der Waals surface area contributed by atoms with E-state index in [1.165, 1.54) is 180 Å². The Morgan fingerprint density at radius 2 is 0.696 bits per heavy atom. The molecule has 0 aromatic heterocycles. The van der Waals surface area contributed by atoms with Gasteiger partial charge in [-0.25, -0.2) is 4.57 Å². The van der Waals surface area contributed by atoms with Crippen LogP contribution in [0.1, 0.15) is 296 Å². The molecule has 0 heterocycles. The quantitative estimate of drug-likeness (QED) is 0.0264. The summed E-state index contributed by atoms with van der Waals surface area (Å²) in [5, 5.41) is 0. The Bertz CT molecular complexity index is 1610. The Labute approximate surface area is 486 Å². The van der Waals surface area contributed by atoms with Gasteiger partial charge in [0.15, 0.2) is 6.10 Å². The molecular weight excluding hydrogens is 1000 g/mol. The summed E-state index contributed by atoms with van der Waals surface area (Å²) in [4.78, 5) is 35.3. The first-order chi connectivity index (χ1) is 38.8. The van der Waals surface area contributed by atoms with Gasteiger partial charge in [-0.3, -0.25) is 18.6 Å². The van der Waals surface area contributed by atoms with Crippen LogP contribution in [0.4, 0.5) is 0 Å². The molecule has 2 atom stereocenters. The van der Waals surface area contributed by atoms with Crippen LogP contribution in [0, 0.1) is 0 Å². The van der Waals surface area contributed by atoms with Gasteiger partial charge in [-0.05, 0) is 96.3 Å². The lowest BCUT2D eigenvalue weighted by Crippen LogP contribution is -2.29. The second-order valence-electron chi connectivity index (χ2n) is 21.6. The van der Waals surface area contributed by atoms with E-state index in [4.69, 9.17) is 24.3 Å². The van der Waals surface area contributed by atoms with Crippen LogP contribution >= 0.6 is 7.82 Å². The van der Waals surface area contributed by atoms with Crippen LogP contribution in [0.25, 0.3) is 0 Å². The Kier molecular flexibility index (Phi) is 61.6. The minimum absolute atomic E-state index is 0.0502. The molecular formula is C69H122NO8P. The molecule has 79 heavy (non-hydrogen) atoms. The van der Waals surface area contributed by atoms with Gasteiger partial charge >= 0.3 is 19.8 Å². The van der Waals surface area contributed by atoms with E-state index in [1.54, 1.807) is 0 Å². The number of rotatable bonds is 61. The molecule has 0 amide bonds. The van der Waals surface area contributed by atoms with Gasteiger partial charge in [-0.1, -0.05) is 284 Å². The number of carbonyl (C=O) groups excluding carboxylic acids is 2. The second-order valence-corrected chi connectivity index (χ2v) is 23.1. The Balaban J connectivity index is 3.92. The molecule has 9 nitrogen and oxygen atoms in total.